The van der Waals surface area contributed by atoms with Crippen LogP contribution in [0, 0.1) is 0 Å². The number of pyridine rings is 1. The number of anilines is 1. The zero-order valence-electron chi connectivity index (χ0n) is 15.5. The molecular weight excluding hydrogens is 356 g/mol. The fourth-order valence-corrected chi connectivity index (χ4v) is 3.50. The number of oxazole rings is 1. The number of amides is 1. The molecule has 2 aromatic heterocycles. The molecule has 0 spiro atoms. The third kappa shape index (κ3) is 4.55. The van der Waals surface area contributed by atoms with Crippen molar-refractivity contribution < 1.29 is 13.9 Å². The number of hydrogen-bond donors (Lipinski definition) is 1. The second kappa shape index (κ2) is 8.67. The largest absolute Gasteiger partial charge is 0.445 e. The summed E-state index contributed by atoms with van der Waals surface area (Å²) in [4.78, 5) is 22.4. The average Bonchev–Trinajstić information content (AvgIpc) is 3.41. The quantitative estimate of drug-likeness (QED) is 0.694. The summed E-state index contributed by atoms with van der Waals surface area (Å²) in [5.74, 6) is 0.499. The van der Waals surface area contributed by atoms with Crippen LogP contribution in [-0.4, -0.2) is 27.5 Å². The van der Waals surface area contributed by atoms with Gasteiger partial charge < -0.3 is 9.15 Å². The molecule has 1 unspecified atom stereocenters. The van der Waals surface area contributed by atoms with E-state index in [0.29, 0.717) is 17.5 Å². The Morgan fingerprint density at radius 3 is 2.86 bits per heavy atom. The third-order valence-corrected chi connectivity index (χ3v) is 4.85. The minimum atomic E-state index is -0.527. The Hall–Kier alpha value is -3.19. The summed E-state index contributed by atoms with van der Waals surface area (Å²) >= 11 is 0. The molecule has 4 rings (SSSR count). The van der Waals surface area contributed by atoms with Crippen LogP contribution in [0.5, 0.6) is 0 Å². The van der Waals surface area contributed by atoms with E-state index in [2.05, 4.69) is 26.3 Å². The summed E-state index contributed by atoms with van der Waals surface area (Å²) in [5, 5.41) is 2.71. The lowest BCUT2D eigenvalue weighted by Crippen LogP contribution is -2.22. The summed E-state index contributed by atoms with van der Waals surface area (Å²) in [5.41, 5.74) is 3.17. The number of nitrogens with one attached hydrogen (secondary N) is 1. The molecule has 1 atom stereocenters. The third-order valence-electron chi connectivity index (χ3n) is 4.85. The maximum Gasteiger partial charge on any atom is 0.412 e. The second-order valence-corrected chi connectivity index (χ2v) is 6.78. The summed E-state index contributed by atoms with van der Waals surface area (Å²) in [6.45, 7) is 2.00. The first kappa shape index (κ1) is 18.2. The fourth-order valence-electron chi connectivity index (χ4n) is 3.50. The van der Waals surface area contributed by atoms with Crippen LogP contribution in [0.3, 0.4) is 0 Å². The Bertz CT molecular complexity index is 882. The molecular formula is C21H22N4O3. The van der Waals surface area contributed by atoms with Gasteiger partial charge in [0.15, 0.2) is 18.8 Å². The number of aromatic nitrogens is 2. The zero-order chi connectivity index (χ0) is 19.2. The van der Waals surface area contributed by atoms with Crippen molar-refractivity contribution in [3.05, 3.63) is 78.3 Å². The van der Waals surface area contributed by atoms with Crippen LogP contribution in [0.25, 0.3) is 0 Å². The van der Waals surface area contributed by atoms with Gasteiger partial charge in [-0.15, -0.1) is 0 Å². The number of benzene rings is 1. The van der Waals surface area contributed by atoms with Crippen LogP contribution in [0.2, 0.25) is 0 Å². The van der Waals surface area contributed by atoms with Crippen molar-refractivity contribution >= 4 is 11.8 Å². The first-order chi connectivity index (χ1) is 13.8. The van der Waals surface area contributed by atoms with Crippen LogP contribution >= 0.6 is 0 Å². The van der Waals surface area contributed by atoms with Crippen LogP contribution in [0.1, 0.15) is 35.8 Å². The predicted octanol–water partition coefficient (Wildman–Crippen LogP) is 4.16. The molecule has 1 saturated heterocycles. The summed E-state index contributed by atoms with van der Waals surface area (Å²) in [6, 6.07) is 12.4. The number of rotatable bonds is 6. The Morgan fingerprint density at radius 1 is 1.21 bits per heavy atom. The highest BCUT2D eigenvalue weighted by molar-refractivity contribution is 5.84. The van der Waals surface area contributed by atoms with Crippen molar-refractivity contribution in [2.24, 2.45) is 0 Å². The van der Waals surface area contributed by atoms with E-state index in [4.69, 9.17) is 9.15 Å². The Kier molecular flexibility index (Phi) is 5.63. The zero-order valence-corrected chi connectivity index (χ0v) is 15.5. The van der Waals surface area contributed by atoms with E-state index >= 15 is 0 Å². The first-order valence-corrected chi connectivity index (χ1v) is 9.32. The van der Waals surface area contributed by atoms with Gasteiger partial charge in [0, 0.05) is 30.7 Å². The number of likely N-dealkylation sites (tertiary alicyclic amines) is 1. The first-order valence-electron chi connectivity index (χ1n) is 9.32. The number of nitrogens with zero attached hydrogens (tertiary/aromatic N) is 3. The molecule has 1 aliphatic heterocycles. The summed E-state index contributed by atoms with van der Waals surface area (Å²) in [6.07, 6.45) is 8.40. The van der Waals surface area contributed by atoms with Crippen molar-refractivity contribution in [2.75, 3.05) is 11.9 Å². The Balaban J connectivity index is 1.31. The van der Waals surface area contributed by atoms with Gasteiger partial charge in [-0.2, -0.15) is 0 Å². The van der Waals surface area contributed by atoms with Gasteiger partial charge >= 0.3 is 6.09 Å². The number of ether oxygens (including phenoxy) is 1. The van der Waals surface area contributed by atoms with Crippen LogP contribution in [0.4, 0.5) is 10.5 Å². The molecule has 3 aromatic rings. The minimum absolute atomic E-state index is 0.0502. The molecule has 0 saturated carbocycles. The van der Waals surface area contributed by atoms with E-state index in [1.807, 2.05) is 42.7 Å². The van der Waals surface area contributed by atoms with Crippen LogP contribution in [-0.2, 0) is 17.9 Å². The highest BCUT2D eigenvalue weighted by atomic mass is 16.6. The lowest BCUT2D eigenvalue weighted by molar-refractivity contribution is 0.146. The van der Waals surface area contributed by atoms with Crippen molar-refractivity contribution in [2.45, 2.75) is 32.0 Å². The molecule has 3 heterocycles. The Morgan fingerprint density at radius 2 is 2.11 bits per heavy atom. The van der Waals surface area contributed by atoms with Gasteiger partial charge in [0.1, 0.15) is 0 Å². The van der Waals surface area contributed by atoms with E-state index in [9.17, 15) is 4.79 Å². The minimum Gasteiger partial charge on any atom is -0.445 e. The number of carbonyl (C=O) groups is 1. The number of hydrogen-bond acceptors (Lipinski definition) is 6. The molecule has 1 amide bonds. The van der Waals surface area contributed by atoms with E-state index in [-0.39, 0.29) is 6.61 Å². The SMILES string of the molecule is O=C(Nc1ccc(CN2CCCC2c2cccnc2)cc1)OCc1cnco1. The molecule has 0 aliphatic carbocycles. The standard InChI is InChI=1S/C21H22N4O3/c26-21(27-14-19-12-23-15-28-19)24-18-7-5-16(6-8-18)13-25-10-2-4-20(25)17-3-1-9-22-11-17/h1,3,5-9,11-12,15,20H,2,4,10,13-14H2,(H,24,26). The summed E-state index contributed by atoms with van der Waals surface area (Å²) in [7, 11) is 0. The van der Waals surface area contributed by atoms with Gasteiger partial charge in [0.05, 0.1) is 6.20 Å². The van der Waals surface area contributed by atoms with E-state index in [1.165, 1.54) is 30.1 Å². The molecule has 0 bridgehead atoms. The molecule has 1 aliphatic rings. The lowest BCUT2D eigenvalue weighted by atomic mass is 10.1. The van der Waals surface area contributed by atoms with Crippen LogP contribution < -0.4 is 5.32 Å². The smallest absolute Gasteiger partial charge is 0.412 e. The maximum atomic E-state index is 11.9. The van der Waals surface area contributed by atoms with Gasteiger partial charge in [0.25, 0.3) is 0 Å². The van der Waals surface area contributed by atoms with Gasteiger partial charge in [-0.1, -0.05) is 18.2 Å². The van der Waals surface area contributed by atoms with Crippen LogP contribution in [0.15, 0.2) is 65.8 Å². The maximum absolute atomic E-state index is 11.9. The van der Waals surface area contributed by atoms with E-state index in [0.717, 1.165) is 19.5 Å². The molecule has 144 valence electrons. The molecule has 7 nitrogen and oxygen atoms in total. The molecule has 7 heteroatoms. The molecule has 1 N–H and O–H groups in total. The highest BCUT2D eigenvalue weighted by Gasteiger charge is 2.25. The average molecular weight is 378 g/mol. The number of carbonyl (C=O) groups excluding carboxylic acids is 1. The van der Waals surface area contributed by atoms with Gasteiger partial charge in [-0.3, -0.25) is 15.2 Å². The van der Waals surface area contributed by atoms with E-state index < -0.39 is 6.09 Å². The van der Waals surface area contributed by atoms with Gasteiger partial charge in [0.2, 0.25) is 0 Å². The topological polar surface area (TPSA) is 80.5 Å². The lowest BCUT2D eigenvalue weighted by Gasteiger charge is -2.24. The molecule has 1 fully saturated rings. The Labute approximate surface area is 163 Å². The second-order valence-electron chi connectivity index (χ2n) is 6.78. The molecule has 1 aromatic carbocycles. The normalized spacial score (nSPS) is 16.8. The monoisotopic (exact) mass is 378 g/mol. The van der Waals surface area contributed by atoms with Crippen molar-refractivity contribution in [1.82, 2.24) is 14.9 Å². The summed E-state index contributed by atoms with van der Waals surface area (Å²) < 4.78 is 10.1. The van der Waals surface area contributed by atoms with E-state index in [1.54, 1.807) is 0 Å². The highest BCUT2D eigenvalue weighted by Crippen LogP contribution is 2.32. The predicted molar refractivity (Wildman–Crippen MR) is 103 cm³/mol. The van der Waals surface area contributed by atoms with Crippen molar-refractivity contribution in [3.8, 4) is 0 Å². The van der Waals surface area contributed by atoms with Gasteiger partial charge in [-0.25, -0.2) is 9.78 Å². The van der Waals surface area contributed by atoms with Crippen molar-refractivity contribution in [3.63, 3.8) is 0 Å². The van der Waals surface area contributed by atoms with Crippen molar-refractivity contribution in [1.29, 1.82) is 0 Å². The fraction of sp³-hybridized carbons (Fsp3) is 0.286. The molecule has 0 radical (unpaired) electrons. The van der Waals surface area contributed by atoms with Gasteiger partial charge in [-0.05, 0) is 48.7 Å². The molecule has 28 heavy (non-hydrogen) atoms.